The largest absolute Gasteiger partial charge is 0.352 e. The Morgan fingerprint density at radius 1 is 0.921 bits per heavy atom. The summed E-state index contributed by atoms with van der Waals surface area (Å²) in [5, 5.41) is 5.04. The van der Waals surface area contributed by atoms with Crippen molar-refractivity contribution in [3.05, 3.63) is 104 Å². The molecule has 1 N–H and O–H groups in total. The highest BCUT2D eigenvalue weighted by molar-refractivity contribution is 7.99. The van der Waals surface area contributed by atoms with Crippen molar-refractivity contribution < 1.29 is 9.59 Å². The predicted molar refractivity (Wildman–Crippen MR) is 161 cm³/mol. The van der Waals surface area contributed by atoms with E-state index >= 15 is 0 Å². The fourth-order valence-corrected chi connectivity index (χ4v) is 5.80. The molecule has 0 saturated heterocycles. The summed E-state index contributed by atoms with van der Waals surface area (Å²) in [5.74, 6) is 0.245. The molecule has 0 fully saturated rings. The molecule has 3 rings (SSSR count). The Labute approximate surface area is 249 Å². The van der Waals surface area contributed by atoms with E-state index in [1.807, 2.05) is 50.2 Å². The van der Waals surface area contributed by atoms with E-state index in [0.717, 1.165) is 17.5 Å². The van der Waals surface area contributed by atoms with Crippen LogP contribution in [-0.4, -0.2) is 34.6 Å². The summed E-state index contributed by atoms with van der Waals surface area (Å²) in [6.07, 6.45) is 1.12. The van der Waals surface area contributed by atoms with Crippen molar-refractivity contribution in [3.8, 4) is 0 Å². The molecule has 38 heavy (non-hydrogen) atoms. The monoisotopic (exact) mass is 610 g/mol. The van der Waals surface area contributed by atoms with E-state index in [4.69, 9.17) is 46.4 Å². The van der Waals surface area contributed by atoms with Crippen LogP contribution in [0, 0.1) is 0 Å². The molecule has 9 heteroatoms. The van der Waals surface area contributed by atoms with Crippen LogP contribution in [0.15, 0.2) is 66.7 Å². The summed E-state index contributed by atoms with van der Waals surface area (Å²) in [4.78, 5) is 29.0. The van der Waals surface area contributed by atoms with Gasteiger partial charge in [0.25, 0.3) is 0 Å². The predicted octanol–water partition coefficient (Wildman–Crippen LogP) is 8.09. The van der Waals surface area contributed by atoms with Crippen LogP contribution in [0.3, 0.4) is 0 Å². The maximum atomic E-state index is 13.8. The van der Waals surface area contributed by atoms with Gasteiger partial charge in [-0.1, -0.05) is 95.8 Å². The van der Waals surface area contributed by atoms with Crippen LogP contribution in [0.2, 0.25) is 20.1 Å². The second-order valence-corrected chi connectivity index (χ2v) is 11.6. The maximum absolute atomic E-state index is 13.8. The summed E-state index contributed by atoms with van der Waals surface area (Å²) < 4.78 is 0. The van der Waals surface area contributed by atoms with Crippen molar-refractivity contribution in [1.82, 2.24) is 10.2 Å². The van der Waals surface area contributed by atoms with Crippen molar-refractivity contribution in [3.63, 3.8) is 0 Å². The van der Waals surface area contributed by atoms with Crippen LogP contribution in [0.5, 0.6) is 0 Å². The topological polar surface area (TPSA) is 49.4 Å². The first-order valence-corrected chi connectivity index (χ1v) is 14.9. The third-order valence-corrected chi connectivity index (χ3v) is 8.42. The van der Waals surface area contributed by atoms with Gasteiger partial charge in [0.1, 0.15) is 6.04 Å². The minimum absolute atomic E-state index is 0.0388. The highest BCUT2D eigenvalue weighted by Crippen LogP contribution is 2.29. The molecule has 0 saturated carbocycles. The van der Waals surface area contributed by atoms with E-state index in [9.17, 15) is 9.59 Å². The highest BCUT2D eigenvalue weighted by atomic mass is 35.5. The van der Waals surface area contributed by atoms with Crippen molar-refractivity contribution in [2.24, 2.45) is 0 Å². The van der Waals surface area contributed by atoms with Crippen LogP contribution in [0.25, 0.3) is 0 Å². The van der Waals surface area contributed by atoms with Gasteiger partial charge >= 0.3 is 0 Å². The number of carbonyl (C=O) groups excluding carboxylic acids is 2. The number of nitrogens with zero attached hydrogens (tertiary/aromatic N) is 1. The number of rotatable bonds is 12. The van der Waals surface area contributed by atoms with Crippen LogP contribution in [-0.2, 0) is 28.3 Å². The molecule has 2 atom stereocenters. The number of carbonyl (C=O) groups is 2. The van der Waals surface area contributed by atoms with Crippen LogP contribution < -0.4 is 5.32 Å². The summed E-state index contributed by atoms with van der Waals surface area (Å²) in [5.41, 5.74) is 2.43. The van der Waals surface area contributed by atoms with Crippen molar-refractivity contribution in [2.45, 2.75) is 51.1 Å². The van der Waals surface area contributed by atoms with Crippen molar-refractivity contribution >= 4 is 70.0 Å². The number of hydrogen-bond donors (Lipinski definition) is 1. The summed E-state index contributed by atoms with van der Waals surface area (Å²) >= 11 is 26.7. The smallest absolute Gasteiger partial charge is 0.243 e. The van der Waals surface area contributed by atoms with Crippen LogP contribution in [0.1, 0.15) is 37.0 Å². The minimum atomic E-state index is -0.758. The SMILES string of the molecule is CC[C@@H](C)NC(=O)[C@@H](Cc1ccccc1)N(Cc1c(Cl)cccc1Cl)C(=O)CSCc1ccc(Cl)cc1Cl. The van der Waals surface area contributed by atoms with Crippen LogP contribution >= 0.6 is 58.2 Å². The van der Waals surface area contributed by atoms with Gasteiger partial charge in [0.2, 0.25) is 11.8 Å². The Bertz CT molecular complexity index is 1220. The van der Waals surface area contributed by atoms with Gasteiger partial charge in [-0.3, -0.25) is 9.59 Å². The van der Waals surface area contributed by atoms with Crippen molar-refractivity contribution in [2.75, 3.05) is 5.75 Å². The molecule has 0 unspecified atom stereocenters. The minimum Gasteiger partial charge on any atom is -0.352 e. The zero-order chi connectivity index (χ0) is 27.7. The molecule has 2 amide bonds. The zero-order valence-electron chi connectivity index (χ0n) is 21.2. The van der Waals surface area contributed by atoms with Gasteiger partial charge in [-0.25, -0.2) is 0 Å². The van der Waals surface area contributed by atoms with E-state index in [2.05, 4.69) is 5.32 Å². The average molecular weight is 612 g/mol. The fraction of sp³-hybridized carbons (Fsp3) is 0.310. The summed E-state index contributed by atoms with van der Waals surface area (Å²) in [7, 11) is 0. The molecule has 0 bridgehead atoms. The van der Waals surface area contributed by atoms with Gasteiger partial charge in [-0.15, -0.1) is 11.8 Å². The lowest BCUT2D eigenvalue weighted by molar-refractivity contribution is -0.139. The van der Waals surface area contributed by atoms with Gasteiger partial charge in [-0.2, -0.15) is 0 Å². The Hall–Kier alpha value is -1.89. The van der Waals surface area contributed by atoms with Gasteiger partial charge < -0.3 is 10.2 Å². The second kappa shape index (κ2) is 15.0. The number of thioether (sulfide) groups is 1. The molecule has 3 aromatic rings. The standard InChI is InChI=1S/C29H30Cl4N2O2S/c1-3-19(2)34-29(37)27(14-20-8-5-4-6-9-20)35(16-23-24(31)10-7-11-25(23)32)28(36)18-38-17-21-12-13-22(30)15-26(21)33/h4-13,15,19,27H,3,14,16-18H2,1-2H3,(H,34,37)/t19-,27-/m1/s1. The molecular weight excluding hydrogens is 582 g/mol. The number of hydrogen-bond acceptors (Lipinski definition) is 3. The Balaban J connectivity index is 1.91. The van der Waals surface area contributed by atoms with E-state index in [1.165, 1.54) is 11.8 Å². The fourth-order valence-electron chi connectivity index (χ4n) is 3.82. The summed E-state index contributed by atoms with van der Waals surface area (Å²) in [6, 6.07) is 19.4. The first-order chi connectivity index (χ1) is 18.2. The Kier molecular flexibility index (Phi) is 12.1. The molecule has 3 aromatic carbocycles. The quantitative estimate of drug-likeness (QED) is 0.225. The maximum Gasteiger partial charge on any atom is 0.243 e. The molecule has 0 radical (unpaired) electrons. The second-order valence-electron chi connectivity index (χ2n) is 8.97. The van der Waals surface area contributed by atoms with E-state index in [1.54, 1.807) is 35.2 Å². The van der Waals surface area contributed by atoms with Crippen LogP contribution in [0.4, 0.5) is 0 Å². The molecule has 202 valence electrons. The number of nitrogens with one attached hydrogen (secondary N) is 1. The van der Waals surface area contributed by atoms with E-state index in [-0.39, 0.29) is 30.2 Å². The third-order valence-electron chi connectivity index (χ3n) is 6.16. The normalized spacial score (nSPS) is 12.6. The first kappa shape index (κ1) is 30.6. The molecule has 0 heterocycles. The molecule has 0 aliphatic heterocycles. The van der Waals surface area contributed by atoms with Gasteiger partial charge in [-0.05, 0) is 48.7 Å². The molecule has 4 nitrogen and oxygen atoms in total. The average Bonchev–Trinajstić information content (AvgIpc) is 2.89. The van der Waals surface area contributed by atoms with E-state index < -0.39 is 6.04 Å². The van der Waals surface area contributed by atoms with Crippen molar-refractivity contribution in [1.29, 1.82) is 0 Å². The zero-order valence-corrected chi connectivity index (χ0v) is 25.1. The van der Waals surface area contributed by atoms with Gasteiger partial charge in [0, 0.05) is 50.4 Å². The lowest BCUT2D eigenvalue weighted by Crippen LogP contribution is -2.52. The molecule has 0 aliphatic rings. The van der Waals surface area contributed by atoms with E-state index in [0.29, 0.717) is 37.8 Å². The number of halogens is 4. The third kappa shape index (κ3) is 8.82. The first-order valence-electron chi connectivity index (χ1n) is 12.3. The Morgan fingerprint density at radius 2 is 1.61 bits per heavy atom. The molecule has 0 aromatic heterocycles. The number of amides is 2. The van der Waals surface area contributed by atoms with Gasteiger partial charge in [0.05, 0.1) is 5.75 Å². The molecule has 0 spiro atoms. The number of benzene rings is 3. The summed E-state index contributed by atoms with van der Waals surface area (Å²) in [6.45, 7) is 4.05. The van der Waals surface area contributed by atoms with Gasteiger partial charge in [0.15, 0.2) is 0 Å². The molecular formula is C29H30Cl4N2O2S. The highest BCUT2D eigenvalue weighted by Gasteiger charge is 2.31. The lowest BCUT2D eigenvalue weighted by Gasteiger charge is -2.32. The lowest BCUT2D eigenvalue weighted by atomic mass is 10.0. The molecule has 0 aliphatic carbocycles. The Morgan fingerprint density at radius 3 is 2.24 bits per heavy atom.